The summed E-state index contributed by atoms with van der Waals surface area (Å²) in [4.78, 5) is 25.4. The van der Waals surface area contributed by atoms with Gasteiger partial charge in [-0.2, -0.15) is 0 Å². The number of ketones is 1. The van der Waals surface area contributed by atoms with Gasteiger partial charge in [0, 0.05) is 12.5 Å². The fourth-order valence-electron chi connectivity index (χ4n) is 2.94. The van der Waals surface area contributed by atoms with Crippen LogP contribution < -0.4 is 5.32 Å². The van der Waals surface area contributed by atoms with Gasteiger partial charge in [0.05, 0.1) is 6.10 Å². The summed E-state index contributed by atoms with van der Waals surface area (Å²) in [7, 11) is 2.61. The van der Waals surface area contributed by atoms with E-state index in [1.54, 1.807) is 6.92 Å². The van der Waals surface area contributed by atoms with E-state index in [9.17, 15) is 9.59 Å². The summed E-state index contributed by atoms with van der Waals surface area (Å²) in [6.45, 7) is 7.84. The van der Waals surface area contributed by atoms with Crippen molar-refractivity contribution < 1.29 is 14.3 Å². The van der Waals surface area contributed by atoms with Crippen LogP contribution in [0.25, 0.3) is 0 Å². The molecule has 6 heteroatoms. The quantitative estimate of drug-likeness (QED) is 0.429. The van der Waals surface area contributed by atoms with Crippen LogP contribution in [-0.4, -0.2) is 61.6 Å². The molecule has 0 bridgehead atoms. The maximum Gasteiger partial charge on any atom is 0.246 e. The van der Waals surface area contributed by atoms with Crippen LogP contribution in [0.4, 0.5) is 0 Å². The highest BCUT2D eigenvalue weighted by atomic mass is 31.0. The number of likely N-dealkylation sites (tertiary alicyclic amines) is 1. The van der Waals surface area contributed by atoms with Gasteiger partial charge in [0.15, 0.2) is 0 Å². The van der Waals surface area contributed by atoms with Crippen LogP contribution in [0, 0.1) is 5.92 Å². The summed E-state index contributed by atoms with van der Waals surface area (Å²) < 4.78 is 5.38. The lowest BCUT2D eigenvalue weighted by atomic mass is 9.93. The molecule has 0 spiro atoms. The molecule has 0 radical (unpaired) electrons. The number of carbonyl (C=O) groups is 2. The second kappa shape index (κ2) is 12.8. The molecule has 5 nitrogen and oxygen atoms in total. The van der Waals surface area contributed by atoms with Crippen molar-refractivity contribution in [1.82, 2.24) is 10.2 Å². The number of piperidine rings is 1. The van der Waals surface area contributed by atoms with E-state index >= 15 is 0 Å². The van der Waals surface area contributed by atoms with Crippen molar-refractivity contribution in [3.05, 3.63) is 0 Å². The standard InChI is InChI=1S/C18H35N2O3P/c1-15(14-24)23-13-18(22)19-9-5-3-4-6-10-20-11-7-17(8-12-20)16(2)21/h15,17H,3-14,24H2,1-2H3,(H,19,22). The van der Waals surface area contributed by atoms with Gasteiger partial charge in [-0.1, -0.05) is 12.8 Å². The van der Waals surface area contributed by atoms with E-state index in [-0.39, 0.29) is 18.6 Å². The summed E-state index contributed by atoms with van der Waals surface area (Å²) in [5.41, 5.74) is 0. The molecule has 24 heavy (non-hydrogen) atoms. The Morgan fingerprint density at radius 1 is 1.21 bits per heavy atom. The van der Waals surface area contributed by atoms with Crippen LogP contribution in [0.5, 0.6) is 0 Å². The number of unbranched alkanes of at least 4 members (excludes halogenated alkanes) is 3. The first-order chi connectivity index (χ1) is 11.5. The molecular formula is C18H35N2O3P. The molecule has 2 atom stereocenters. The Labute approximate surface area is 149 Å². The number of rotatable bonds is 12. The molecule has 1 aliphatic rings. The zero-order chi connectivity index (χ0) is 17.8. The van der Waals surface area contributed by atoms with Gasteiger partial charge in [-0.3, -0.25) is 9.59 Å². The second-order valence-electron chi connectivity index (χ2n) is 6.85. The molecule has 0 aromatic rings. The first-order valence-electron chi connectivity index (χ1n) is 9.34. The smallest absolute Gasteiger partial charge is 0.246 e. The molecule has 1 amide bonds. The minimum atomic E-state index is -0.0198. The Bertz CT molecular complexity index is 371. The SMILES string of the molecule is CC(=O)C1CCN(CCCCCCNC(=O)COC(C)CP)CC1. The molecule has 0 saturated carbocycles. The second-order valence-corrected chi connectivity index (χ2v) is 7.32. The minimum absolute atomic E-state index is 0.0198. The van der Waals surface area contributed by atoms with Gasteiger partial charge in [0.25, 0.3) is 0 Å². The Hall–Kier alpha value is -0.510. The van der Waals surface area contributed by atoms with Gasteiger partial charge in [-0.05, 0) is 65.3 Å². The molecule has 0 aromatic heterocycles. The molecule has 1 rings (SSSR count). The van der Waals surface area contributed by atoms with Crippen molar-refractivity contribution in [2.75, 3.05) is 38.9 Å². The Balaban J connectivity index is 1.90. The predicted octanol–water partition coefficient (Wildman–Crippen LogP) is 2.24. The predicted molar refractivity (Wildman–Crippen MR) is 101 cm³/mol. The van der Waals surface area contributed by atoms with Crippen molar-refractivity contribution in [2.45, 2.75) is 58.5 Å². The van der Waals surface area contributed by atoms with Crippen LogP contribution >= 0.6 is 9.24 Å². The highest BCUT2D eigenvalue weighted by Crippen LogP contribution is 2.18. The maximum absolute atomic E-state index is 11.6. The third-order valence-electron chi connectivity index (χ3n) is 4.72. The number of hydrogen-bond acceptors (Lipinski definition) is 4. The number of amides is 1. The number of nitrogens with one attached hydrogen (secondary N) is 1. The summed E-state index contributed by atoms with van der Waals surface area (Å²) in [6.07, 6.45) is 7.58. The Kier molecular flexibility index (Phi) is 11.5. The summed E-state index contributed by atoms with van der Waals surface area (Å²) in [5.74, 6) is 0.631. The number of Topliss-reactive ketones (excluding diaryl/α,β-unsaturated/α-hetero) is 1. The van der Waals surface area contributed by atoms with E-state index in [1.807, 2.05) is 6.92 Å². The maximum atomic E-state index is 11.6. The average molecular weight is 358 g/mol. The van der Waals surface area contributed by atoms with E-state index < -0.39 is 0 Å². The van der Waals surface area contributed by atoms with Crippen LogP contribution in [0.15, 0.2) is 0 Å². The third-order valence-corrected chi connectivity index (χ3v) is 5.38. The molecule has 1 saturated heterocycles. The fourth-order valence-corrected chi connectivity index (χ4v) is 3.08. The Morgan fingerprint density at radius 3 is 2.50 bits per heavy atom. The third kappa shape index (κ3) is 9.71. The van der Waals surface area contributed by atoms with Gasteiger partial charge in [0.1, 0.15) is 12.4 Å². The highest BCUT2D eigenvalue weighted by Gasteiger charge is 2.21. The first kappa shape index (κ1) is 21.5. The monoisotopic (exact) mass is 358 g/mol. The molecule has 1 N–H and O–H groups in total. The van der Waals surface area contributed by atoms with Gasteiger partial charge in [-0.15, -0.1) is 9.24 Å². The van der Waals surface area contributed by atoms with Gasteiger partial charge >= 0.3 is 0 Å². The zero-order valence-corrected chi connectivity index (χ0v) is 16.5. The number of nitrogens with zero attached hydrogens (tertiary/aromatic N) is 1. The summed E-state index contributed by atoms with van der Waals surface area (Å²) in [6, 6.07) is 0. The molecule has 1 aliphatic heterocycles. The van der Waals surface area contributed by atoms with Gasteiger partial charge in [0.2, 0.25) is 5.91 Å². The molecule has 0 aliphatic carbocycles. The van der Waals surface area contributed by atoms with Crippen LogP contribution in [0.2, 0.25) is 0 Å². The van der Waals surface area contributed by atoms with Crippen molar-refractivity contribution >= 4 is 20.9 Å². The number of hydrogen-bond donors (Lipinski definition) is 1. The molecular weight excluding hydrogens is 323 g/mol. The van der Waals surface area contributed by atoms with Gasteiger partial charge < -0.3 is 15.0 Å². The van der Waals surface area contributed by atoms with E-state index in [2.05, 4.69) is 19.5 Å². The fraction of sp³-hybridized carbons (Fsp3) is 0.889. The lowest BCUT2D eigenvalue weighted by molar-refractivity contribution is -0.127. The van der Waals surface area contributed by atoms with Crippen molar-refractivity contribution in [1.29, 1.82) is 0 Å². The molecule has 1 fully saturated rings. The molecule has 2 unspecified atom stereocenters. The lowest BCUT2D eigenvalue weighted by Gasteiger charge is -2.30. The molecule has 0 aromatic carbocycles. The summed E-state index contributed by atoms with van der Waals surface area (Å²) in [5, 5.41) is 2.90. The number of ether oxygens (including phenoxy) is 1. The average Bonchev–Trinajstić information content (AvgIpc) is 2.59. The van der Waals surface area contributed by atoms with Crippen molar-refractivity contribution in [2.24, 2.45) is 5.92 Å². The molecule has 140 valence electrons. The Morgan fingerprint density at radius 2 is 1.88 bits per heavy atom. The lowest BCUT2D eigenvalue weighted by Crippen LogP contribution is -2.36. The van der Waals surface area contributed by atoms with Crippen molar-refractivity contribution in [3.8, 4) is 0 Å². The topological polar surface area (TPSA) is 58.6 Å². The van der Waals surface area contributed by atoms with Gasteiger partial charge in [-0.25, -0.2) is 0 Å². The van der Waals surface area contributed by atoms with E-state index in [1.165, 1.54) is 12.8 Å². The van der Waals surface area contributed by atoms with Crippen LogP contribution in [0.1, 0.15) is 52.4 Å². The van der Waals surface area contributed by atoms with E-state index in [4.69, 9.17) is 4.74 Å². The number of carbonyl (C=O) groups excluding carboxylic acids is 2. The summed E-state index contributed by atoms with van der Waals surface area (Å²) >= 11 is 0. The highest BCUT2D eigenvalue weighted by molar-refractivity contribution is 7.16. The first-order valence-corrected chi connectivity index (χ1v) is 10.2. The van der Waals surface area contributed by atoms with Crippen LogP contribution in [-0.2, 0) is 14.3 Å². The molecule has 1 heterocycles. The normalized spacial score (nSPS) is 17.6. The van der Waals surface area contributed by atoms with E-state index in [0.717, 1.165) is 58.0 Å². The largest absolute Gasteiger partial charge is 0.368 e. The van der Waals surface area contributed by atoms with Crippen molar-refractivity contribution in [3.63, 3.8) is 0 Å². The minimum Gasteiger partial charge on any atom is -0.368 e. The zero-order valence-electron chi connectivity index (χ0n) is 15.4. The van der Waals surface area contributed by atoms with E-state index in [0.29, 0.717) is 11.7 Å². The van der Waals surface area contributed by atoms with Crippen LogP contribution in [0.3, 0.4) is 0 Å².